The van der Waals surface area contributed by atoms with Crippen molar-refractivity contribution in [1.29, 1.82) is 0 Å². The first kappa shape index (κ1) is 11.2. The highest BCUT2D eigenvalue weighted by Crippen LogP contribution is 2.43. The first-order chi connectivity index (χ1) is 7.08. The summed E-state index contributed by atoms with van der Waals surface area (Å²) < 4.78 is 12.1. The maximum absolute atomic E-state index is 12.1. The normalized spacial score (nSPS) is 50.5. The summed E-state index contributed by atoms with van der Waals surface area (Å²) in [6.45, 7) is 1.93. The Morgan fingerprint density at radius 2 is 2.13 bits per heavy atom. The Bertz CT molecular complexity index is 320. The molecule has 2 aliphatic rings. The van der Waals surface area contributed by atoms with Crippen LogP contribution in [0, 0.1) is 18.3 Å². The molecule has 2 nitrogen and oxygen atoms in total. The van der Waals surface area contributed by atoms with Crippen molar-refractivity contribution in [3.8, 4) is 12.3 Å². The van der Waals surface area contributed by atoms with Crippen LogP contribution < -0.4 is 0 Å². The summed E-state index contributed by atoms with van der Waals surface area (Å²) in [5, 5.41) is 10.6. The Labute approximate surface area is 93.9 Å². The van der Waals surface area contributed by atoms with E-state index in [-0.39, 0.29) is 16.4 Å². The first-order valence-corrected chi connectivity index (χ1v) is 6.95. The zero-order chi connectivity index (χ0) is 11.1. The van der Waals surface area contributed by atoms with Crippen LogP contribution in [0.5, 0.6) is 0 Å². The van der Waals surface area contributed by atoms with E-state index in [4.69, 9.17) is 6.42 Å². The SMILES string of the molecule is C#C[C@@]1(O)C[C@H](C)S(=O)[C@H]2CCCC[C@@H]21. The topological polar surface area (TPSA) is 37.3 Å². The van der Waals surface area contributed by atoms with E-state index in [0.717, 1.165) is 25.7 Å². The molecule has 1 unspecified atom stereocenters. The van der Waals surface area contributed by atoms with Crippen LogP contribution in [-0.2, 0) is 10.8 Å². The van der Waals surface area contributed by atoms with Gasteiger partial charge in [0.15, 0.2) is 0 Å². The summed E-state index contributed by atoms with van der Waals surface area (Å²) in [7, 11) is -0.805. The minimum Gasteiger partial charge on any atom is -0.377 e. The fourth-order valence-corrected chi connectivity index (χ4v) is 5.16. The lowest BCUT2D eigenvalue weighted by atomic mass is 9.74. The molecular weight excluding hydrogens is 208 g/mol. The summed E-state index contributed by atoms with van der Waals surface area (Å²) in [6.07, 6.45) is 10.1. The second kappa shape index (κ2) is 3.92. The van der Waals surface area contributed by atoms with Gasteiger partial charge < -0.3 is 5.11 Å². The molecule has 0 spiro atoms. The minimum atomic E-state index is -1.00. The van der Waals surface area contributed by atoms with E-state index < -0.39 is 16.4 Å². The van der Waals surface area contributed by atoms with E-state index in [9.17, 15) is 9.32 Å². The summed E-state index contributed by atoms with van der Waals surface area (Å²) in [5.74, 6) is 2.61. The number of terminal acetylenes is 1. The van der Waals surface area contributed by atoms with Crippen LogP contribution in [0.3, 0.4) is 0 Å². The van der Waals surface area contributed by atoms with Gasteiger partial charge in [-0.2, -0.15) is 0 Å². The van der Waals surface area contributed by atoms with Crippen molar-refractivity contribution in [2.75, 3.05) is 0 Å². The van der Waals surface area contributed by atoms with Gasteiger partial charge in [0, 0.05) is 33.6 Å². The first-order valence-electron chi connectivity index (χ1n) is 5.68. The molecule has 1 heterocycles. The number of hydrogen-bond acceptors (Lipinski definition) is 2. The van der Waals surface area contributed by atoms with E-state index in [1.165, 1.54) is 0 Å². The van der Waals surface area contributed by atoms with Gasteiger partial charge in [-0.15, -0.1) is 6.42 Å². The maximum atomic E-state index is 12.1. The van der Waals surface area contributed by atoms with Gasteiger partial charge in [0.05, 0.1) is 0 Å². The fourth-order valence-electron chi connectivity index (χ4n) is 3.06. The van der Waals surface area contributed by atoms with Crippen molar-refractivity contribution in [3.05, 3.63) is 0 Å². The molecule has 3 heteroatoms. The lowest BCUT2D eigenvalue weighted by Gasteiger charge is -2.46. The second-order valence-corrected chi connectivity index (χ2v) is 6.91. The van der Waals surface area contributed by atoms with Crippen molar-refractivity contribution in [2.45, 2.75) is 55.1 Å². The molecule has 2 rings (SSSR count). The van der Waals surface area contributed by atoms with E-state index in [0.29, 0.717) is 6.42 Å². The summed E-state index contributed by atoms with van der Waals surface area (Å²) in [4.78, 5) is 0. The average Bonchev–Trinajstić information content (AvgIpc) is 2.26. The Morgan fingerprint density at radius 1 is 1.47 bits per heavy atom. The number of hydrogen-bond donors (Lipinski definition) is 1. The van der Waals surface area contributed by atoms with Crippen LogP contribution in [0.25, 0.3) is 0 Å². The Kier molecular flexibility index (Phi) is 2.92. The molecule has 1 saturated carbocycles. The third-order valence-corrected chi connectivity index (χ3v) is 5.98. The molecule has 0 bridgehead atoms. The van der Waals surface area contributed by atoms with E-state index in [2.05, 4.69) is 5.92 Å². The molecule has 1 saturated heterocycles. The van der Waals surface area contributed by atoms with E-state index >= 15 is 0 Å². The van der Waals surface area contributed by atoms with Gasteiger partial charge in [0.2, 0.25) is 0 Å². The van der Waals surface area contributed by atoms with E-state index in [1.54, 1.807) is 0 Å². The largest absolute Gasteiger partial charge is 0.377 e. The van der Waals surface area contributed by atoms with Gasteiger partial charge in [-0.3, -0.25) is 4.21 Å². The van der Waals surface area contributed by atoms with Crippen LogP contribution in [0.4, 0.5) is 0 Å². The molecular formula is C12H18O2S. The summed E-state index contributed by atoms with van der Waals surface area (Å²) in [6, 6.07) is 0. The van der Waals surface area contributed by atoms with Crippen molar-refractivity contribution in [3.63, 3.8) is 0 Å². The molecule has 2 fully saturated rings. The Balaban J connectivity index is 2.31. The smallest absolute Gasteiger partial charge is 0.130 e. The molecule has 84 valence electrons. The predicted octanol–water partition coefficient (Wildman–Crippen LogP) is 1.45. The number of fused-ring (bicyclic) bond motifs is 1. The molecule has 5 atom stereocenters. The van der Waals surface area contributed by atoms with Crippen molar-refractivity contribution < 1.29 is 9.32 Å². The lowest BCUT2D eigenvalue weighted by Crippen LogP contribution is -2.54. The highest BCUT2D eigenvalue weighted by Gasteiger charge is 2.49. The van der Waals surface area contributed by atoms with Crippen LogP contribution in [0.2, 0.25) is 0 Å². The molecule has 1 aliphatic carbocycles. The molecule has 1 aliphatic heterocycles. The standard InChI is InChI=1S/C12H18O2S/c1-3-12(13)8-9(2)15(14)11-7-5-4-6-10(11)12/h1,9-11,13H,4-8H2,2H3/t9-,10-,11-,12+,15?/m0/s1. The van der Waals surface area contributed by atoms with Gasteiger partial charge in [-0.25, -0.2) is 0 Å². The zero-order valence-corrected chi connectivity index (χ0v) is 9.93. The second-order valence-electron chi connectivity index (χ2n) is 4.84. The fraction of sp³-hybridized carbons (Fsp3) is 0.833. The molecule has 15 heavy (non-hydrogen) atoms. The monoisotopic (exact) mass is 226 g/mol. The number of rotatable bonds is 0. The minimum absolute atomic E-state index is 0.0328. The van der Waals surface area contributed by atoms with Gasteiger partial charge in [0.25, 0.3) is 0 Å². The Morgan fingerprint density at radius 3 is 2.80 bits per heavy atom. The molecule has 0 aromatic heterocycles. The van der Waals surface area contributed by atoms with Crippen LogP contribution >= 0.6 is 0 Å². The van der Waals surface area contributed by atoms with Gasteiger partial charge in [-0.05, 0) is 12.8 Å². The van der Waals surface area contributed by atoms with Gasteiger partial charge >= 0.3 is 0 Å². The van der Waals surface area contributed by atoms with Crippen molar-refractivity contribution >= 4 is 10.8 Å². The van der Waals surface area contributed by atoms with Crippen molar-refractivity contribution in [2.24, 2.45) is 5.92 Å². The van der Waals surface area contributed by atoms with Gasteiger partial charge in [0.1, 0.15) is 5.60 Å². The lowest BCUT2D eigenvalue weighted by molar-refractivity contribution is 0.00889. The molecule has 0 radical (unpaired) electrons. The predicted molar refractivity (Wildman–Crippen MR) is 61.8 cm³/mol. The highest BCUT2D eigenvalue weighted by molar-refractivity contribution is 7.86. The maximum Gasteiger partial charge on any atom is 0.130 e. The highest BCUT2D eigenvalue weighted by atomic mass is 32.2. The summed E-state index contributed by atoms with van der Waals surface area (Å²) >= 11 is 0. The average molecular weight is 226 g/mol. The summed E-state index contributed by atoms with van der Waals surface area (Å²) in [5.41, 5.74) is -1.00. The molecule has 0 aromatic carbocycles. The van der Waals surface area contributed by atoms with Crippen LogP contribution in [0.1, 0.15) is 39.0 Å². The van der Waals surface area contributed by atoms with Crippen molar-refractivity contribution in [1.82, 2.24) is 0 Å². The van der Waals surface area contributed by atoms with Crippen LogP contribution in [-0.4, -0.2) is 25.4 Å². The third-order valence-electron chi connectivity index (χ3n) is 3.86. The zero-order valence-electron chi connectivity index (χ0n) is 9.11. The van der Waals surface area contributed by atoms with Gasteiger partial charge in [-0.1, -0.05) is 25.7 Å². The molecule has 0 amide bonds. The number of aliphatic hydroxyl groups is 1. The Hall–Kier alpha value is -0.330. The molecule has 1 N–H and O–H groups in total. The quantitative estimate of drug-likeness (QED) is 0.635. The van der Waals surface area contributed by atoms with Crippen LogP contribution in [0.15, 0.2) is 0 Å². The molecule has 0 aromatic rings. The van der Waals surface area contributed by atoms with E-state index in [1.807, 2.05) is 6.92 Å². The third kappa shape index (κ3) is 1.74.